The summed E-state index contributed by atoms with van der Waals surface area (Å²) in [6.07, 6.45) is 2.73. The van der Waals surface area contributed by atoms with E-state index >= 15 is 0 Å². The summed E-state index contributed by atoms with van der Waals surface area (Å²) in [5.74, 6) is 1.49. The molecule has 2 aliphatic rings. The summed E-state index contributed by atoms with van der Waals surface area (Å²) in [6, 6.07) is 17.1. The van der Waals surface area contributed by atoms with Crippen molar-refractivity contribution in [3.63, 3.8) is 0 Å². The second-order valence-electron chi connectivity index (χ2n) is 10.0. The molecule has 3 aromatic carbocycles. The highest BCUT2D eigenvalue weighted by Gasteiger charge is 2.32. The summed E-state index contributed by atoms with van der Waals surface area (Å²) in [5.41, 5.74) is 5.83. The van der Waals surface area contributed by atoms with E-state index in [-0.39, 0.29) is 17.8 Å². The lowest BCUT2D eigenvalue weighted by Gasteiger charge is -2.39. The molecule has 6 rings (SSSR count). The van der Waals surface area contributed by atoms with Gasteiger partial charge in [-0.05, 0) is 79.3 Å². The second kappa shape index (κ2) is 10.0. The van der Waals surface area contributed by atoms with E-state index in [2.05, 4.69) is 34.2 Å². The van der Waals surface area contributed by atoms with Gasteiger partial charge in [-0.15, -0.1) is 0 Å². The SMILES string of the molecule is COc1ccc(C2CCCCN2C(=O)N2CCOc3ccc(-c4ccc5nc(C)[nH]c5c4)cc3C2)cc1F. The molecule has 0 bridgehead atoms. The average Bonchev–Trinajstić information content (AvgIpc) is 3.18. The van der Waals surface area contributed by atoms with Crippen molar-refractivity contribution in [2.75, 3.05) is 26.8 Å². The van der Waals surface area contributed by atoms with Crippen LogP contribution in [0.1, 0.15) is 42.3 Å². The third-order valence-corrected chi connectivity index (χ3v) is 7.55. The average molecular weight is 515 g/mol. The molecule has 196 valence electrons. The van der Waals surface area contributed by atoms with Crippen molar-refractivity contribution in [1.82, 2.24) is 19.8 Å². The first-order chi connectivity index (χ1) is 18.5. The van der Waals surface area contributed by atoms with E-state index in [1.807, 2.05) is 34.9 Å². The zero-order valence-corrected chi connectivity index (χ0v) is 21.7. The molecule has 3 heterocycles. The number of H-pyrrole nitrogens is 1. The van der Waals surface area contributed by atoms with Crippen LogP contribution in [-0.2, 0) is 6.54 Å². The predicted octanol–water partition coefficient (Wildman–Crippen LogP) is 6.23. The number of carbonyl (C=O) groups is 1. The maximum Gasteiger partial charge on any atom is 0.320 e. The Labute approximate surface area is 221 Å². The number of ether oxygens (including phenoxy) is 2. The van der Waals surface area contributed by atoms with Crippen molar-refractivity contribution < 1.29 is 18.7 Å². The maximum atomic E-state index is 14.5. The summed E-state index contributed by atoms with van der Waals surface area (Å²) in [7, 11) is 1.45. The van der Waals surface area contributed by atoms with Gasteiger partial charge >= 0.3 is 6.03 Å². The lowest BCUT2D eigenvalue weighted by atomic mass is 9.95. The van der Waals surface area contributed by atoms with Crippen LogP contribution >= 0.6 is 0 Å². The number of amides is 2. The van der Waals surface area contributed by atoms with Gasteiger partial charge < -0.3 is 24.3 Å². The van der Waals surface area contributed by atoms with Crippen LogP contribution in [0.25, 0.3) is 22.2 Å². The van der Waals surface area contributed by atoms with Crippen LogP contribution in [0.2, 0.25) is 0 Å². The highest BCUT2D eigenvalue weighted by Crippen LogP contribution is 2.35. The Balaban J connectivity index is 1.26. The number of nitrogens with one attached hydrogen (secondary N) is 1. The highest BCUT2D eigenvalue weighted by atomic mass is 19.1. The fraction of sp³-hybridized carbons (Fsp3) is 0.333. The van der Waals surface area contributed by atoms with E-state index in [0.29, 0.717) is 26.2 Å². The molecule has 2 aliphatic heterocycles. The Kier molecular flexibility index (Phi) is 6.39. The Morgan fingerprint density at radius 1 is 1.08 bits per heavy atom. The van der Waals surface area contributed by atoms with Gasteiger partial charge in [0.15, 0.2) is 11.6 Å². The molecular formula is C30H31FN4O3. The molecule has 38 heavy (non-hydrogen) atoms. The number of carbonyl (C=O) groups excluding carboxylic acids is 1. The molecule has 1 atom stereocenters. The number of imidazole rings is 1. The van der Waals surface area contributed by atoms with Crippen molar-refractivity contribution in [3.05, 3.63) is 77.4 Å². The molecule has 1 unspecified atom stereocenters. The summed E-state index contributed by atoms with van der Waals surface area (Å²) in [4.78, 5) is 25.4. The largest absolute Gasteiger partial charge is 0.494 e. The molecule has 1 saturated heterocycles. The van der Waals surface area contributed by atoms with Crippen molar-refractivity contribution in [2.24, 2.45) is 0 Å². The smallest absolute Gasteiger partial charge is 0.320 e. The lowest BCUT2D eigenvalue weighted by molar-refractivity contribution is 0.110. The van der Waals surface area contributed by atoms with Crippen molar-refractivity contribution in [3.8, 4) is 22.6 Å². The number of hydrogen-bond donors (Lipinski definition) is 1. The van der Waals surface area contributed by atoms with Crippen molar-refractivity contribution in [2.45, 2.75) is 38.8 Å². The fourth-order valence-corrected chi connectivity index (χ4v) is 5.63. The van der Waals surface area contributed by atoms with Gasteiger partial charge in [-0.2, -0.15) is 0 Å². The number of hydrogen-bond acceptors (Lipinski definition) is 4. The van der Waals surface area contributed by atoms with Crippen LogP contribution in [0.3, 0.4) is 0 Å². The minimum Gasteiger partial charge on any atom is -0.494 e. The minimum atomic E-state index is -0.406. The molecule has 8 heteroatoms. The molecular weight excluding hydrogens is 483 g/mol. The monoisotopic (exact) mass is 514 g/mol. The molecule has 1 N–H and O–H groups in total. The molecule has 7 nitrogen and oxygen atoms in total. The summed E-state index contributed by atoms with van der Waals surface area (Å²) < 4.78 is 25.6. The van der Waals surface area contributed by atoms with Gasteiger partial charge in [0.1, 0.15) is 18.2 Å². The van der Waals surface area contributed by atoms with Gasteiger partial charge in [-0.3, -0.25) is 0 Å². The summed E-state index contributed by atoms with van der Waals surface area (Å²) in [6.45, 7) is 3.96. The molecule has 2 amide bonds. The molecule has 0 radical (unpaired) electrons. The molecule has 0 aliphatic carbocycles. The number of urea groups is 1. The number of halogens is 1. The van der Waals surface area contributed by atoms with E-state index in [0.717, 1.165) is 64.1 Å². The number of likely N-dealkylation sites (tertiary alicyclic amines) is 1. The van der Waals surface area contributed by atoms with E-state index in [9.17, 15) is 9.18 Å². The fourth-order valence-electron chi connectivity index (χ4n) is 5.63. The van der Waals surface area contributed by atoms with E-state index < -0.39 is 5.82 Å². The quantitative estimate of drug-likeness (QED) is 0.352. The number of benzene rings is 3. The topological polar surface area (TPSA) is 70.7 Å². The van der Waals surface area contributed by atoms with E-state index in [4.69, 9.17) is 9.47 Å². The van der Waals surface area contributed by atoms with Crippen LogP contribution in [0.15, 0.2) is 54.6 Å². The number of aryl methyl sites for hydroxylation is 1. The molecule has 1 aromatic heterocycles. The normalized spacial score (nSPS) is 17.6. The lowest BCUT2D eigenvalue weighted by Crippen LogP contribution is -2.47. The van der Waals surface area contributed by atoms with Crippen LogP contribution < -0.4 is 9.47 Å². The molecule has 0 saturated carbocycles. The number of rotatable bonds is 3. The summed E-state index contributed by atoms with van der Waals surface area (Å²) in [5, 5.41) is 0. The van der Waals surface area contributed by atoms with Gasteiger partial charge in [-0.25, -0.2) is 14.2 Å². The zero-order valence-electron chi connectivity index (χ0n) is 21.7. The standard InChI is InChI=1S/C30H31FN4O3/c1-19-32-25-9-6-21(17-26(25)33-19)20-7-10-28-23(15-20)18-34(13-14-38-28)30(36)35-12-4-3-5-27(35)22-8-11-29(37-2)24(31)16-22/h6-11,15-17,27H,3-5,12-14,18H2,1-2H3,(H,32,33). The first-order valence-corrected chi connectivity index (χ1v) is 13.1. The Hall–Kier alpha value is -4.07. The first kappa shape index (κ1) is 24.3. The van der Waals surface area contributed by atoms with Gasteiger partial charge in [0, 0.05) is 12.1 Å². The molecule has 1 fully saturated rings. The van der Waals surface area contributed by atoms with E-state index in [1.54, 1.807) is 6.07 Å². The number of aromatic amines is 1. The van der Waals surface area contributed by atoms with Gasteiger partial charge in [0.25, 0.3) is 0 Å². The van der Waals surface area contributed by atoms with Crippen LogP contribution in [0, 0.1) is 12.7 Å². The minimum absolute atomic E-state index is 0.0397. The Morgan fingerprint density at radius 3 is 2.76 bits per heavy atom. The molecule has 0 spiro atoms. The Morgan fingerprint density at radius 2 is 1.92 bits per heavy atom. The van der Waals surface area contributed by atoms with Gasteiger partial charge in [0.05, 0.1) is 37.3 Å². The number of piperidine rings is 1. The van der Waals surface area contributed by atoms with Crippen LogP contribution in [0.5, 0.6) is 11.5 Å². The third kappa shape index (κ3) is 4.55. The van der Waals surface area contributed by atoms with Crippen LogP contribution in [-0.4, -0.2) is 52.6 Å². The number of fused-ring (bicyclic) bond motifs is 2. The van der Waals surface area contributed by atoms with E-state index in [1.165, 1.54) is 13.2 Å². The van der Waals surface area contributed by atoms with Crippen LogP contribution in [0.4, 0.5) is 9.18 Å². The third-order valence-electron chi connectivity index (χ3n) is 7.55. The number of nitrogens with zero attached hydrogens (tertiary/aromatic N) is 3. The maximum absolute atomic E-state index is 14.5. The van der Waals surface area contributed by atoms with Crippen molar-refractivity contribution in [1.29, 1.82) is 0 Å². The predicted molar refractivity (Wildman–Crippen MR) is 144 cm³/mol. The van der Waals surface area contributed by atoms with Gasteiger partial charge in [0.2, 0.25) is 0 Å². The zero-order chi connectivity index (χ0) is 26.2. The highest BCUT2D eigenvalue weighted by molar-refractivity contribution is 5.82. The summed E-state index contributed by atoms with van der Waals surface area (Å²) >= 11 is 0. The van der Waals surface area contributed by atoms with Gasteiger partial charge in [-0.1, -0.05) is 18.2 Å². The van der Waals surface area contributed by atoms with Crippen molar-refractivity contribution >= 4 is 17.1 Å². The molecule has 4 aromatic rings. The Bertz CT molecular complexity index is 1500. The first-order valence-electron chi connectivity index (χ1n) is 13.1. The number of aromatic nitrogens is 2. The number of methoxy groups -OCH3 is 1. The second-order valence-corrected chi connectivity index (χ2v) is 10.0.